The Morgan fingerprint density at radius 1 is 1.32 bits per heavy atom. The first-order valence-corrected chi connectivity index (χ1v) is 7.69. The molecule has 1 N–H and O–H groups in total. The Kier molecular flexibility index (Phi) is 3.61. The van der Waals surface area contributed by atoms with Crippen molar-refractivity contribution in [3.63, 3.8) is 0 Å². The fourth-order valence-electron chi connectivity index (χ4n) is 3.43. The maximum Gasteiger partial charge on any atom is 0.244 e. The van der Waals surface area contributed by atoms with Gasteiger partial charge in [-0.05, 0) is 43.0 Å². The van der Waals surface area contributed by atoms with Crippen LogP contribution in [0.1, 0.15) is 38.2 Å². The number of hydrogen-bond donors (Lipinski definition) is 1. The zero-order valence-corrected chi connectivity index (χ0v) is 12.7. The summed E-state index contributed by atoms with van der Waals surface area (Å²) in [6, 6.07) is 7.79. The topological polar surface area (TPSA) is 73.2 Å². The minimum Gasteiger partial charge on any atom is -0.325 e. The molecule has 5 nitrogen and oxygen atoms in total. The lowest BCUT2D eigenvalue weighted by Crippen LogP contribution is -2.32. The summed E-state index contributed by atoms with van der Waals surface area (Å²) in [6.07, 6.45) is 3.93. The number of benzene rings is 1. The smallest absolute Gasteiger partial charge is 0.244 e. The fourth-order valence-corrected chi connectivity index (χ4v) is 3.43. The van der Waals surface area contributed by atoms with Gasteiger partial charge in [-0.2, -0.15) is 5.26 Å². The van der Waals surface area contributed by atoms with Crippen LogP contribution in [0, 0.1) is 16.7 Å². The molecule has 1 aliphatic carbocycles. The molecule has 1 heterocycles. The maximum absolute atomic E-state index is 12.4. The Labute approximate surface area is 129 Å². The lowest BCUT2D eigenvalue weighted by atomic mass is 9.87. The first-order valence-electron chi connectivity index (χ1n) is 7.69. The number of amides is 2. The average molecular weight is 297 g/mol. The highest BCUT2D eigenvalue weighted by Crippen LogP contribution is 2.39. The molecular formula is C17H19N3O2. The van der Waals surface area contributed by atoms with E-state index < -0.39 is 5.41 Å². The number of nitrogens with zero attached hydrogens (tertiary/aromatic N) is 2. The summed E-state index contributed by atoms with van der Waals surface area (Å²) in [6.45, 7) is 2.24. The molecule has 0 atom stereocenters. The molecule has 2 aliphatic rings. The molecule has 1 fully saturated rings. The normalized spacial score (nSPS) is 18.6. The fraction of sp³-hybridized carbons (Fsp3) is 0.471. The van der Waals surface area contributed by atoms with Crippen LogP contribution in [0.2, 0.25) is 0 Å². The molecule has 1 saturated carbocycles. The second-order valence-electron chi connectivity index (χ2n) is 6.12. The van der Waals surface area contributed by atoms with Crippen molar-refractivity contribution in [2.45, 2.75) is 39.0 Å². The van der Waals surface area contributed by atoms with E-state index in [4.69, 9.17) is 0 Å². The van der Waals surface area contributed by atoms with Gasteiger partial charge in [-0.1, -0.05) is 12.8 Å². The number of nitriles is 1. The molecule has 0 bridgehead atoms. The number of rotatable bonds is 2. The van der Waals surface area contributed by atoms with Crippen molar-refractivity contribution in [1.82, 2.24) is 0 Å². The largest absolute Gasteiger partial charge is 0.325 e. The first kappa shape index (κ1) is 14.6. The quantitative estimate of drug-likeness (QED) is 0.912. The summed E-state index contributed by atoms with van der Waals surface area (Å²) < 4.78 is 0. The van der Waals surface area contributed by atoms with Crippen molar-refractivity contribution in [2.75, 3.05) is 16.8 Å². The molecule has 0 aromatic heterocycles. The summed E-state index contributed by atoms with van der Waals surface area (Å²) in [5.41, 5.74) is 1.81. The van der Waals surface area contributed by atoms with E-state index in [1.54, 1.807) is 17.9 Å². The molecular weight excluding hydrogens is 278 g/mol. The zero-order valence-electron chi connectivity index (χ0n) is 12.7. The van der Waals surface area contributed by atoms with E-state index in [2.05, 4.69) is 11.4 Å². The van der Waals surface area contributed by atoms with Gasteiger partial charge < -0.3 is 10.2 Å². The number of hydrogen-bond acceptors (Lipinski definition) is 3. The molecule has 0 saturated heterocycles. The van der Waals surface area contributed by atoms with Gasteiger partial charge in [0.25, 0.3) is 0 Å². The SMILES string of the molecule is CC(=O)N1CCc2cc(NC(=O)C3(C#N)CCCC3)ccc21. The molecule has 114 valence electrons. The lowest BCUT2D eigenvalue weighted by Gasteiger charge is -2.20. The standard InChI is InChI=1S/C17H19N3O2/c1-12(21)20-9-6-13-10-14(4-5-15(13)20)19-16(22)17(11-18)7-2-3-8-17/h4-5,10H,2-3,6-9H2,1H3,(H,19,22). The van der Waals surface area contributed by atoms with Crippen molar-refractivity contribution in [1.29, 1.82) is 5.26 Å². The van der Waals surface area contributed by atoms with Crippen LogP contribution in [0.5, 0.6) is 0 Å². The van der Waals surface area contributed by atoms with Crippen LogP contribution in [0.25, 0.3) is 0 Å². The molecule has 0 unspecified atom stereocenters. The van der Waals surface area contributed by atoms with E-state index in [0.717, 1.165) is 30.5 Å². The van der Waals surface area contributed by atoms with Gasteiger partial charge in [0, 0.05) is 24.8 Å². The van der Waals surface area contributed by atoms with E-state index >= 15 is 0 Å². The second kappa shape index (κ2) is 5.45. The Bertz CT molecular complexity index is 669. The summed E-state index contributed by atoms with van der Waals surface area (Å²) >= 11 is 0. The van der Waals surface area contributed by atoms with E-state index in [1.165, 1.54) is 0 Å². The average Bonchev–Trinajstić information content (AvgIpc) is 3.14. The molecule has 5 heteroatoms. The molecule has 1 aliphatic heterocycles. The molecule has 1 aromatic rings. The van der Waals surface area contributed by atoms with E-state index in [9.17, 15) is 14.9 Å². The third kappa shape index (κ3) is 2.35. The Balaban J connectivity index is 1.79. The second-order valence-corrected chi connectivity index (χ2v) is 6.12. The predicted octanol–water partition coefficient (Wildman–Crippen LogP) is 2.62. The van der Waals surface area contributed by atoms with Gasteiger partial charge in [-0.3, -0.25) is 9.59 Å². The van der Waals surface area contributed by atoms with Crippen LogP contribution in [0.4, 0.5) is 11.4 Å². The highest BCUT2D eigenvalue weighted by molar-refractivity contribution is 5.98. The number of carbonyl (C=O) groups excluding carboxylic acids is 2. The van der Waals surface area contributed by atoms with Gasteiger partial charge in [0.05, 0.1) is 6.07 Å². The zero-order chi connectivity index (χ0) is 15.7. The van der Waals surface area contributed by atoms with Crippen LogP contribution >= 0.6 is 0 Å². The predicted molar refractivity (Wildman–Crippen MR) is 83.3 cm³/mol. The lowest BCUT2D eigenvalue weighted by molar-refractivity contribution is -0.122. The number of anilines is 2. The number of fused-ring (bicyclic) bond motifs is 1. The number of nitrogens with one attached hydrogen (secondary N) is 1. The van der Waals surface area contributed by atoms with Gasteiger partial charge >= 0.3 is 0 Å². The monoisotopic (exact) mass is 297 g/mol. The Morgan fingerprint density at radius 2 is 2.05 bits per heavy atom. The summed E-state index contributed by atoms with van der Waals surface area (Å²) in [5, 5.41) is 12.2. The van der Waals surface area contributed by atoms with Crippen molar-refractivity contribution in [3.8, 4) is 6.07 Å². The van der Waals surface area contributed by atoms with Crippen molar-refractivity contribution in [2.24, 2.45) is 5.41 Å². The van der Waals surface area contributed by atoms with Gasteiger partial charge in [0.15, 0.2) is 0 Å². The maximum atomic E-state index is 12.4. The van der Waals surface area contributed by atoms with Crippen LogP contribution < -0.4 is 10.2 Å². The third-order valence-electron chi connectivity index (χ3n) is 4.72. The highest BCUT2D eigenvalue weighted by Gasteiger charge is 2.41. The molecule has 3 rings (SSSR count). The molecule has 0 spiro atoms. The van der Waals surface area contributed by atoms with Gasteiger partial charge in [0.2, 0.25) is 11.8 Å². The summed E-state index contributed by atoms with van der Waals surface area (Å²) in [4.78, 5) is 25.7. The first-order chi connectivity index (χ1) is 10.6. The third-order valence-corrected chi connectivity index (χ3v) is 4.72. The summed E-state index contributed by atoms with van der Waals surface area (Å²) in [5.74, 6) is -0.168. The molecule has 2 amide bonds. The Hall–Kier alpha value is -2.35. The van der Waals surface area contributed by atoms with Crippen LogP contribution in [0.15, 0.2) is 18.2 Å². The van der Waals surface area contributed by atoms with Gasteiger partial charge in [-0.25, -0.2) is 0 Å². The van der Waals surface area contributed by atoms with Gasteiger partial charge in [0.1, 0.15) is 5.41 Å². The van der Waals surface area contributed by atoms with E-state index in [1.807, 2.05) is 12.1 Å². The Morgan fingerprint density at radius 3 is 2.68 bits per heavy atom. The number of carbonyl (C=O) groups is 2. The van der Waals surface area contributed by atoms with E-state index in [-0.39, 0.29) is 11.8 Å². The van der Waals surface area contributed by atoms with Gasteiger partial charge in [-0.15, -0.1) is 0 Å². The van der Waals surface area contributed by atoms with Crippen molar-refractivity contribution < 1.29 is 9.59 Å². The van der Waals surface area contributed by atoms with Crippen LogP contribution in [0.3, 0.4) is 0 Å². The van der Waals surface area contributed by atoms with E-state index in [0.29, 0.717) is 25.1 Å². The molecule has 1 aromatic carbocycles. The van der Waals surface area contributed by atoms with Crippen molar-refractivity contribution in [3.05, 3.63) is 23.8 Å². The molecule has 0 radical (unpaired) electrons. The van der Waals surface area contributed by atoms with Crippen molar-refractivity contribution >= 4 is 23.2 Å². The summed E-state index contributed by atoms with van der Waals surface area (Å²) in [7, 11) is 0. The van der Waals surface area contributed by atoms with Crippen LogP contribution in [-0.4, -0.2) is 18.4 Å². The molecule has 22 heavy (non-hydrogen) atoms. The van der Waals surface area contributed by atoms with Crippen LogP contribution in [-0.2, 0) is 16.0 Å². The minimum absolute atomic E-state index is 0.0323. The minimum atomic E-state index is -0.871. The highest BCUT2D eigenvalue weighted by atomic mass is 16.2.